The average molecular weight is 88.1 g/mol. The van der Waals surface area contributed by atoms with Crippen LogP contribution in [0.15, 0.2) is 0 Å². The molecule has 0 radical (unpaired) electrons. The summed E-state index contributed by atoms with van der Waals surface area (Å²) in [6.45, 7) is 3.02. The molecule has 0 amide bonds. The molecule has 0 aliphatic rings. The van der Waals surface area contributed by atoms with Crippen LogP contribution in [0, 0.1) is 6.92 Å². The summed E-state index contributed by atoms with van der Waals surface area (Å²) in [6, 6.07) is -0.981. The van der Waals surface area contributed by atoms with Gasteiger partial charge in [0.1, 0.15) is 0 Å². The Bertz CT molecular complexity index is 59.8. The minimum absolute atomic E-state index is 0.981. The Morgan fingerprint density at radius 1 is 2.00 bits per heavy atom. The van der Waals surface area contributed by atoms with Crippen LogP contribution in [-0.2, 0) is 4.79 Å². The Balaban J connectivity index is 3.26. The van der Waals surface area contributed by atoms with Gasteiger partial charge in [-0.25, -0.2) is 0 Å². The maximum Gasteiger partial charge on any atom is 0.289 e. The third-order valence-corrected chi connectivity index (χ3v) is 0.317. The summed E-state index contributed by atoms with van der Waals surface area (Å²) in [6.07, 6.45) is 0. The molecule has 0 rings (SSSR count). The van der Waals surface area contributed by atoms with Gasteiger partial charge in [0.25, 0.3) is 5.97 Å². The van der Waals surface area contributed by atoms with Crippen LogP contribution in [0.3, 0.4) is 0 Å². The van der Waals surface area contributed by atoms with E-state index in [2.05, 4.69) is 6.92 Å². The molecule has 0 fully saturated rings. The molecule has 3 heteroatoms. The first-order valence-corrected chi connectivity index (χ1v) is 1.46. The van der Waals surface area contributed by atoms with Gasteiger partial charge in [0.15, 0.2) is 0 Å². The fourth-order valence-corrected chi connectivity index (χ4v) is 0. The lowest BCUT2D eigenvalue weighted by Gasteiger charge is -1.99. The van der Waals surface area contributed by atoms with Crippen LogP contribution in [0.4, 0.5) is 0 Å². The summed E-state index contributed by atoms with van der Waals surface area (Å²) in [4.78, 5) is 9.51. The van der Waals surface area contributed by atoms with E-state index in [0.717, 1.165) is 0 Å². The second-order valence-corrected chi connectivity index (χ2v) is 0.945. The van der Waals surface area contributed by atoms with Crippen molar-refractivity contribution in [2.24, 2.45) is 5.73 Å². The van der Waals surface area contributed by atoms with Crippen LogP contribution in [0.5, 0.6) is 0 Å². The number of hydrogen-bond donors (Lipinski definition) is 2. The zero-order chi connectivity index (χ0) is 5.15. The van der Waals surface area contributed by atoms with Gasteiger partial charge in [0.05, 0.1) is 0 Å². The summed E-state index contributed by atoms with van der Waals surface area (Å²) in [5.41, 5.74) is 4.72. The highest BCUT2D eigenvalue weighted by Crippen LogP contribution is 1.67. The van der Waals surface area contributed by atoms with Gasteiger partial charge in [0.2, 0.25) is 0 Å². The molecule has 0 aromatic rings. The average Bonchev–Trinajstić information content (AvgIpc) is 1.36. The number of carboxylic acids is 1. The molecule has 0 saturated carbocycles. The monoisotopic (exact) mass is 88.0 g/mol. The Hall–Kier alpha value is -0.570. The van der Waals surface area contributed by atoms with Gasteiger partial charge in [-0.15, -0.1) is 0 Å². The molecule has 0 aromatic carbocycles. The van der Waals surface area contributed by atoms with Crippen molar-refractivity contribution in [1.82, 2.24) is 0 Å². The smallest absolute Gasteiger partial charge is 0.289 e. The molecule has 0 aliphatic carbocycles. The highest BCUT2D eigenvalue weighted by atomic mass is 16.4. The molecule has 3 nitrogen and oxygen atoms in total. The minimum atomic E-state index is -1.07. The second kappa shape index (κ2) is 1.77. The van der Waals surface area contributed by atoms with E-state index >= 15 is 0 Å². The first-order valence-electron chi connectivity index (χ1n) is 1.46. The topological polar surface area (TPSA) is 63.3 Å². The van der Waals surface area contributed by atoms with Crippen LogP contribution in [0.25, 0.3) is 0 Å². The van der Waals surface area contributed by atoms with Crippen LogP contribution in [-0.4, -0.2) is 17.1 Å². The molecule has 0 aromatic heterocycles. The summed E-state index contributed by atoms with van der Waals surface area (Å²) in [5.74, 6) is -1.07. The SMILES string of the molecule is [CH2-][C@H](N)C(=O)O. The Morgan fingerprint density at radius 3 is 2.17 bits per heavy atom. The number of carbonyl (C=O) groups is 1. The molecule has 0 spiro atoms. The van der Waals surface area contributed by atoms with Crippen molar-refractivity contribution >= 4 is 5.97 Å². The minimum Gasteiger partial charge on any atom is -0.482 e. The van der Waals surface area contributed by atoms with Crippen molar-refractivity contribution in [1.29, 1.82) is 0 Å². The first kappa shape index (κ1) is 5.43. The van der Waals surface area contributed by atoms with Crippen LogP contribution in [0.1, 0.15) is 0 Å². The fourth-order valence-electron chi connectivity index (χ4n) is 0. The molecular formula is C3H6NO2-. The predicted octanol–water partition coefficient (Wildman–Crippen LogP) is -0.768. The maximum absolute atomic E-state index is 9.51. The standard InChI is InChI=1S/C3H6NO2/c1-2(4)3(5)6/h2H,1,4H2,(H,5,6)/q-1/t2-/m0/s1. The zero-order valence-corrected chi connectivity index (χ0v) is 3.22. The number of carboxylic acid groups (broad SMARTS) is 1. The van der Waals surface area contributed by atoms with Gasteiger partial charge in [-0.05, 0) is 6.04 Å². The van der Waals surface area contributed by atoms with Crippen molar-refractivity contribution in [3.05, 3.63) is 6.92 Å². The second-order valence-electron chi connectivity index (χ2n) is 0.945. The summed E-state index contributed by atoms with van der Waals surface area (Å²) in [7, 11) is 0. The van der Waals surface area contributed by atoms with E-state index in [1.165, 1.54) is 0 Å². The maximum atomic E-state index is 9.51. The van der Waals surface area contributed by atoms with E-state index in [4.69, 9.17) is 10.8 Å². The van der Waals surface area contributed by atoms with E-state index in [1.807, 2.05) is 0 Å². The number of hydrogen-bond acceptors (Lipinski definition) is 2. The van der Waals surface area contributed by atoms with Crippen molar-refractivity contribution in [3.63, 3.8) is 0 Å². The first-order chi connectivity index (χ1) is 2.64. The van der Waals surface area contributed by atoms with Crippen LogP contribution >= 0.6 is 0 Å². The summed E-state index contributed by atoms with van der Waals surface area (Å²) < 4.78 is 0. The highest BCUT2D eigenvalue weighted by molar-refractivity contribution is 5.73. The van der Waals surface area contributed by atoms with Gasteiger partial charge < -0.3 is 17.8 Å². The lowest BCUT2D eigenvalue weighted by Crippen LogP contribution is -2.25. The van der Waals surface area contributed by atoms with Crippen molar-refractivity contribution in [3.8, 4) is 0 Å². The predicted molar refractivity (Wildman–Crippen MR) is 21.0 cm³/mol. The van der Waals surface area contributed by atoms with Gasteiger partial charge in [-0.2, -0.15) is 0 Å². The van der Waals surface area contributed by atoms with Crippen LogP contribution < -0.4 is 5.73 Å². The molecule has 0 aliphatic heterocycles. The molecule has 1 atom stereocenters. The highest BCUT2D eigenvalue weighted by Gasteiger charge is 1.91. The molecule has 36 valence electrons. The van der Waals surface area contributed by atoms with E-state index in [9.17, 15) is 4.79 Å². The zero-order valence-electron chi connectivity index (χ0n) is 3.22. The molecule has 0 heterocycles. The van der Waals surface area contributed by atoms with E-state index in [0.29, 0.717) is 0 Å². The quantitative estimate of drug-likeness (QED) is 0.414. The molecular weight excluding hydrogens is 82.0 g/mol. The third kappa shape index (κ3) is 1.72. The van der Waals surface area contributed by atoms with Crippen molar-refractivity contribution < 1.29 is 9.90 Å². The number of rotatable bonds is 1. The van der Waals surface area contributed by atoms with Crippen molar-refractivity contribution in [2.45, 2.75) is 6.04 Å². The van der Waals surface area contributed by atoms with Gasteiger partial charge >= 0.3 is 0 Å². The third-order valence-electron chi connectivity index (χ3n) is 0.317. The summed E-state index contributed by atoms with van der Waals surface area (Å²) in [5, 5.41) is 7.80. The molecule has 3 N–H and O–H groups in total. The lowest BCUT2D eigenvalue weighted by atomic mass is 10.4. The normalized spacial score (nSPS) is 13.7. The largest absolute Gasteiger partial charge is 0.482 e. The van der Waals surface area contributed by atoms with Crippen molar-refractivity contribution in [2.75, 3.05) is 0 Å². The Morgan fingerprint density at radius 2 is 2.17 bits per heavy atom. The van der Waals surface area contributed by atoms with E-state index < -0.39 is 12.0 Å². The van der Waals surface area contributed by atoms with Gasteiger partial charge in [0, 0.05) is 0 Å². The van der Waals surface area contributed by atoms with Gasteiger partial charge in [-0.1, -0.05) is 0 Å². The molecule has 0 unspecified atom stereocenters. The molecule has 0 saturated heterocycles. The lowest BCUT2D eigenvalue weighted by molar-refractivity contribution is -0.137. The summed E-state index contributed by atoms with van der Waals surface area (Å²) >= 11 is 0. The van der Waals surface area contributed by atoms with E-state index in [-0.39, 0.29) is 0 Å². The molecule has 0 bridgehead atoms. The number of aliphatic carboxylic acids is 1. The molecule has 6 heavy (non-hydrogen) atoms. The Kier molecular flexibility index (Phi) is 1.60. The van der Waals surface area contributed by atoms with Crippen LogP contribution in [0.2, 0.25) is 0 Å². The van der Waals surface area contributed by atoms with E-state index in [1.54, 1.807) is 0 Å². The fraction of sp³-hybridized carbons (Fsp3) is 0.333. The Labute approximate surface area is 35.8 Å². The number of nitrogens with two attached hydrogens (primary N) is 1. The van der Waals surface area contributed by atoms with Gasteiger partial charge in [-0.3, -0.25) is 4.79 Å².